The fraction of sp³-hybridized carbons (Fsp3) is 0.417. The average molecular weight is 382 g/mol. The van der Waals surface area contributed by atoms with Crippen LogP contribution in [0.3, 0.4) is 0 Å². The van der Waals surface area contributed by atoms with Crippen LogP contribution in [-0.2, 0) is 14.8 Å². The minimum absolute atomic E-state index is 0.0951. The summed E-state index contributed by atoms with van der Waals surface area (Å²) in [7, 11) is -4.14. The number of carboxylic acid groups (broad SMARTS) is 1. The first-order chi connectivity index (χ1) is 9.75. The predicted octanol–water partition coefficient (Wildman–Crippen LogP) is 1.70. The SMILES string of the molecule is CC1COCCN1S(=O)(=O)c1cc(Br)cc(C(=O)O)c1F. The number of aromatic carboxylic acids is 1. The molecule has 1 atom stereocenters. The number of benzene rings is 1. The highest BCUT2D eigenvalue weighted by Crippen LogP contribution is 2.28. The maximum atomic E-state index is 14.2. The standard InChI is InChI=1S/C12H13BrFNO5S/c1-7-6-20-3-2-15(7)21(18,19)10-5-8(13)4-9(11(10)14)12(16)17/h4-5,7H,2-3,6H2,1H3,(H,16,17). The van der Waals surface area contributed by atoms with Crippen LogP contribution < -0.4 is 0 Å². The van der Waals surface area contributed by atoms with Gasteiger partial charge < -0.3 is 9.84 Å². The molecule has 21 heavy (non-hydrogen) atoms. The van der Waals surface area contributed by atoms with Crippen LogP contribution in [0.1, 0.15) is 17.3 Å². The van der Waals surface area contributed by atoms with Crippen molar-refractivity contribution >= 4 is 31.9 Å². The Bertz CT molecular complexity index is 678. The fourth-order valence-electron chi connectivity index (χ4n) is 2.10. The van der Waals surface area contributed by atoms with Gasteiger partial charge >= 0.3 is 5.97 Å². The molecule has 1 aliphatic rings. The minimum Gasteiger partial charge on any atom is -0.478 e. The Morgan fingerprint density at radius 3 is 2.76 bits per heavy atom. The highest BCUT2D eigenvalue weighted by atomic mass is 79.9. The van der Waals surface area contributed by atoms with E-state index in [1.807, 2.05) is 0 Å². The van der Waals surface area contributed by atoms with Gasteiger partial charge in [0.15, 0.2) is 5.82 Å². The molecule has 0 amide bonds. The number of carboxylic acids is 1. The van der Waals surface area contributed by atoms with Crippen molar-refractivity contribution in [1.82, 2.24) is 4.31 Å². The van der Waals surface area contributed by atoms with Gasteiger partial charge in [-0.25, -0.2) is 17.6 Å². The summed E-state index contributed by atoms with van der Waals surface area (Å²) in [6.07, 6.45) is 0. The molecule has 6 nitrogen and oxygen atoms in total. The second-order valence-corrected chi connectivity index (χ2v) is 7.38. The molecule has 9 heteroatoms. The summed E-state index contributed by atoms with van der Waals surface area (Å²) in [4.78, 5) is 10.4. The Balaban J connectivity index is 2.57. The molecule has 1 unspecified atom stereocenters. The van der Waals surface area contributed by atoms with Gasteiger partial charge in [-0.2, -0.15) is 4.31 Å². The second-order valence-electron chi connectivity index (χ2n) is 4.61. The molecule has 0 aliphatic carbocycles. The summed E-state index contributed by atoms with van der Waals surface area (Å²) in [6.45, 7) is 2.16. The number of carbonyl (C=O) groups is 1. The van der Waals surface area contributed by atoms with Crippen LogP contribution >= 0.6 is 15.9 Å². The maximum absolute atomic E-state index is 14.2. The number of hydrogen-bond acceptors (Lipinski definition) is 4. The quantitative estimate of drug-likeness (QED) is 0.861. The van der Waals surface area contributed by atoms with E-state index in [1.54, 1.807) is 6.92 Å². The lowest BCUT2D eigenvalue weighted by Gasteiger charge is -2.32. The normalized spacial score (nSPS) is 20.4. The lowest BCUT2D eigenvalue weighted by atomic mass is 10.2. The van der Waals surface area contributed by atoms with E-state index in [0.717, 1.165) is 16.4 Å². The molecule has 1 heterocycles. The fourth-order valence-corrected chi connectivity index (χ4v) is 4.43. The van der Waals surface area contributed by atoms with Crippen LogP contribution in [0.5, 0.6) is 0 Å². The first-order valence-electron chi connectivity index (χ1n) is 6.07. The van der Waals surface area contributed by atoms with Crippen molar-refractivity contribution in [2.24, 2.45) is 0 Å². The summed E-state index contributed by atoms with van der Waals surface area (Å²) >= 11 is 3.01. The third kappa shape index (κ3) is 3.10. The van der Waals surface area contributed by atoms with Gasteiger partial charge in [0.1, 0.15) is 4.90 Å². The number of ether oxygens (including phenoxy) is 1. The topological polar surface area (TPSA) is 83.9 Å². The monoisotopic (exact) mass is 381 g/mol. The van der Waals surface area contributed by atoms with Crippen LogP contribution in [0.4, 0.5) is 4.39 Å². The van der Waals surface area contributed by atoms with E-state index in [9.17, 15) is 17.6 Å². The Kier molecular flexibility index (Phi) is 4.66. The van der Waals surface area contributed by atoms with Crippen molar-refractivity contribution in [3.05, 3.63) is 28.0 Å². The van der Waals surface area contributed by atoms with E-state index >= 15 is 0 Å². The molecular weight excluding hydrogens is 369 g/mol. The molecule has 1 aromatic carbocycles. The number of morpholine rings is 1. The molecule has 1 fully saturated rings. The van der Waals surface area contributed by atoms with Crippen LogP contribution in [0, 0.1) is 5.82 Å². The van der Waals surface area contributed by atoms with E-state index < -0.39 is 38.3 Å². The zero-order valence-electron chi connectivity index (χ0n) is 11.0. The van der Waals surface area contributed by atoms with Crippen LogP contribution in [-0.4, -0.2) is 49.6 Å². The van der Waals surface area contributed by atoms with Crippen LogP contribution in [0.2, 0.25) is 0 Å². The molecule has 0 spiro atoms. The predicted molar refractivity (Wildman–Crippen MR) is 75.2 cm³/mol. The van der Waals surface area contributed by atoms with E-state index in [-0.39, 0.29) is 24.2 Å². The maximum Gasteiger partial charge on any atom is 0.338 e. The Morgan fingerprint density at radius 2 is 2.19 bits per heavy atom. The molecule has 0 radical (unpaired) electrons. The summed E-state index contributed by atoms with van der Waals surface area (Å²) < 4.78 is 45.8. The van der Waals surface area contributed by atoms with Crippen molar-refractivity contribution < 1.29 is 27.4 Å². The zero-order chi connectivity index (χ0) is 15.8. The number of nitrogens with zero attached hydrogens (tertiary/aromatic N) is 1. The van der Waals surface area contributed by atoms with Crippen LogP contribution in [0.15, 0.2) is 21.5 Å². The number of rotatable bonds is 3. The van der Waals surface area contributed by atoms with Gasteiger partial charge in [-0.1, -0.05) is 15.9 Å². The van der Waals surface area contributed by atoms with Crippen molar-refractivity contribution in [1.29, 1.82) is 0 Å². The number of sulfonamides is 1. The van der Waals surface area contributed by atoms with Gasteiger partial charge in [-0.15, -0.1) is 0 Å². The highest BCUT2D eigenvalue weighted by Gasteiger charge is 2.35. The smallest absolute Gasteiger partial charge is 0.338 e. The lowest BCUT2D eigenvalue weighted by molar-refractivity contribution is 0.0391. The van der Waals surface area contributed by atoms with Gasteiger partial charge in [0, 0.05) is 17.1 Å². The third-order valence-corrected chi connectivity index (χ3v) is 5.60. The minimum atomic E-state index is -4.14. The lowest BCUT2D eigenvalue weighted by Crippen LogP contribution is -2.47. The molecule has 1 aromatic rings. The molecule has 0 bridgehead atoms. The molecule has 1 N–H and O–H groups in total. The summed E-state index contributed by atoms with van der Waals surface area (Å²) in [5.74, 6) is -2.79. The summed E-state index contributed by atoms with van der Waals surface area (Å²) in [5.41, 5.74) is -0.691. The Hall–Kier alpha value is -1.03. The zero-order valence-corrected chi connectivity index (χ0v) is 13.4. The molecular formula is C12H13BrFNO5S. The molecule has 116 valence electrons. The van der Waals surface area contributed by atoms with Crippen molar-refractivity contribution in [3.63, 3.8) is 0 Å². The van der Waals surface area contributed by atoms with Gasteiger partial charge in [0.2, 0.25) is 10.0 Å². The van der Waals surface area contributed by atoms with Gasteiger partial charge in [-0.3, -0.25) is 0 Å². The molecule has 0 aromatic heterocycles. The molecule has 0 saturated carbocycles. The second kappa shape index (κ2) is 5.99. The largest absolute Gasteiger partial charge is 0.478 e. The first kappa shape index (κ1) is 16.3. The molecule has 1 saturated heterocycles. The summed E-state index contributed by atoms with van der Waals surface area (Å²) in [6, 6.07) is 1.65. The number of halogens is 2. The highest BCUT2D eigenvalue weighted by molar-refractivity contribution is 9.10. The Labute approximate surface area is 129 Å². The first-order valence-corrected chi connectivity index (χ1v) is 8.30. The van der Waals surface area contributed by atoms with Crippen molar-refractivity contribution in [2.75, 3.05) is 19.8 Å². The van der Waals surface area contributed by atoms with Gasteiger partial charge in [0.25, 0.3) is 0 Å². The summed E-state index contributed by atoms with van der Waals surface area (Å²) in [5, 5.41) is 8.95. The van der Waals surface area contributed by atoms with E-state index in [2.05, 4.69) is 15.9 Å². The molecule has 1 aliphatic heterocycles. The van der Waals surface area contributed by atoms with Crippen molar-refractivity contribution in [3.8, 4) is 0 Å². The van der Waals surface area contributed by atoms with E-state index in [1.165, 1.54) is 0 Å². The van der Waals surface area contributed by atoms with Gasteiger partial charge in [-0.05, 0) is 19.1 Å². The van der Waals surface area contributed by atoms with Gasteiger partial charge in [0.05, 0.1) is 18.8 Å². The van der Waals surface area contributed by atoms with Crippen molar-refractivity contribution in [2.45, 2.75) is 17.9 Å². The van der Waals surface area contributed by atoms with E-state index in [4.69, 9.17) is 9.84 Å². The molecule has 2 rings (SSSR count). The average Bonchev–Trinajstić information content (AvgIpc) is 2.40. The van der Waals surface area contributed by atoms with E-state index in [0.29, 0.717) is 0 Å². The third-order valence-electron chi connectivity index (χ3n) is 3.13. The number of hydrogen-bond donors (Lipinski definition) is 1. The Morgan fingerprint density at radius 1 is 1.52 bits per heavy atom. The van der Waals surface area contributed by atoms with Crippen LogP contribution in [0.25, 0.3) is 0 Å².